The molecule has 0 atom stereocenters. The highest BCUT2D eigenvalue weighted by Gasteiger charge is 2.15. The largest absolute Gasteiger partial charge is 0.396 e. The first-order valence-electron chi connectivity index (χ1n) is 8.59. The Kier molecular flexibility index (Phi) is 4.72. The van der Waals surface area contributed by atoms with E-state index in [-0.39, 0.29) is 17.6 Å². The van der Waals surface area contributed by atoms with Crippen molar-refractivity contribution in [3.63, 3.8) is 0 Å². The Balaban J connectivity index is 2.02. The summed E-state index contributed by atoms with van der Waals surface area (Å²) in [6.07, 6.45) is 2.16. The van der Waals surface area contributed by atoms with E-state index < -0.39 is 0 Å². The second kappa shape index (κ2) is 6.80. The standard InChI is InChI=1S/C19H24N4O2/c1-19(2,3)14-9-7-13(8-10-14)18-20-15(6-4-5-11-24)23-16(21-18)12-17(25)22-23/h7-10,12,24H,4-6,11H2,1-3H3,(H,22,25). The van der Waals surface area contributed by atoms with Gasteiger partial charge in [-0.1, -0.05) is 45.0 Å². The molecule has 0 fully saturated rings. The number of unbranched alkanes of at least 4 members (excludes halogenated alkanes) is 1. The number of hydrogen-bond donors (Lipinski definition) is 2. The molecular weight excluding hydrogens is 316 g/mol. The van der Waals surface area contributed by atoms with Gasteiger partial charge in [-0.05, 0) is 23.8 Å². The SMILES string of the molecule is CC(C)(C)c1ccc(-c2nc(CCCCO)n3[nH]c(=O)cc3n2)cc1. The van der Waals surface area contributed by atoms with E-state index in [4.69, 9.17) is 5.11 Å². The summed E-state index contributed by atoms with van der Waals surface area (Å²) in [5, 5.41) is 11.7. The average Bonchev–Trinajstić information content (AvgIpc) is 2.94. The van der Waals surface area contributed by atoms with Gasteiger partial charge in [-0.2, -0.15) is 0 Å². The molecule has 6 nitrogen and oxygen atoms in total. The fourth-order valence-corrected chi connectivity index (χ4v) is 2.78. The number of aryl methyl sites for hydroxylation is 1. The van der Waals surface area contributed by atoms with E-state index in [0.29, 0.717) is 24.3 Å². The van der Waals surface area contributed by atoms with Crippen LogP contribution in [0.15, 0.2) is 35.1 Å². The lowest BCUT2D eigenvalue weighted by molar-refractivity contribution is 0.284. The minimum absolute atomic E-state index is 0.0900. The van der Waals surface area contributed by atoms with E-state index in [9.17, 15) is 4.79 Å². The molecule has 2 N–H and O–H groups in total. The predicted octanol–water partition coefficient (Wildman–Crippen LogP) is 2.70. The van der Waals surface area contributed by atoms with Gasteiger partial charge in [0.1, 0.15) is 5.82 Å². The number of aliphatic hydroxyl groups is 1. The van der Waals surface area contributed by atoms with Crippen LogP contribution in [0.25, 0.3) is 17.0 Å². The van der Waals surface area contributed by atoms with E-state index in [1.165, 1.54) is 11.6 Å². The first kappa shape index (κ1) is 17.4. The van der Waals surface area contributed by atoms with Crippen LogP contribution in [-0.4, -0.2) is 31.3 Å². The Morgan fingerprint density at radius 1 is 1.12 bits per heavy atom. The molecule has 0 saturated carbocycles. The summed E-state index contributed by atoms with van der Waals surface area (Å²) < 4.78 is 1.63. The zero-order valence-electron chi connectivity index (χ0n) is 14.9. The lowest BCUT2D eigenvalue weighted by atomic mass is 9.87. The highest BCUT2D eigenvalue weighted by atomic mass is 16.2. The third kappa shape index (κ3) is 3.79. The van der Waals surface area contributed by atoms with Crippen molar-refractivity contribution < 1.29 is 5.11 Å². The molecule has 0 amide bonds. The van der Waals surface area contributed by atoms with Crippen LogP contribution < -0.4 is 5.56 Å². The first-order valence-corrected chi connectivity index (χ1v) is 8.59. The maximum Gasteiger partial charge on any atom is 0.266 e. The zero-order chi connectivity index (χ0) is 18.0. The van der Waals surface area contributed by atoms with Gasteiger partial charge in [-0.15, -0.1) is 0 Å². The summed E-state index contributed by atoms with van der Waals surface area (Å²) in [7, 11) is 0. The zero-order valence-corrected chi connectivity index (χ0v) is 14.9. The Bertz CT molecular complexity index is 917. The van der Waals surface area contributed by atoms with E-state index in [1.54, 1.807) is 4.52 Å². The first-order chi connectivity index (χ1) is 11.9. The molecule has 3 aromatic rings. The maximum absolute atomic E-state index is 11.7. The highest BCUT2D eigenvalue weighted by Crippen LogP contribution is 2.25. The van der Waals surface area contributed by atoms with Gasteiger partial charge in [-0.25, -0.2) is 14.5 Å². The quantitative estimate of drug-likeness (QED) is 0.700. The molecule has 0 aliphatic carbocycles. The number of aliphatic hydroxyl groups excluding tert-OH is 1. The number of aromatic nitrogens is 4. The van der Waals surface area contributed by atoms with E-state index in [0.717, 1.165) is 17.8 Å². The van der Waals surface area contributed by atoms with Gasteiger partial charge in [0, 0.05) is 24.7 Å². The Labute approximate surface area is 146 Å². The molecule has 0 aliphatic rings. The van der Waals surface area contributed by atoms with E-state index in [2.05, 4.69) is 48.0 Å². The molecule has 0 saturated heterocycles. The number of aromatic amines is 1. The fraction of sp³-hybridized carbons (Fsp3) is 0.421. The molecule has 0 aliphatic heterocycles. The number of H-pyrrole nitrogens is 1. The minimum atomic E-state index is -0.196. The third-order valence-electron chi connectivity index (χ3n) is 4.24. The Morgan fingerprint density at radius 3 is 2.48 bits per heavy atom. The Hall–Kier alpha value is -2.47. The molecule has 0 unspecified atom stereocenters. The summed E-state index contributed by atoms with van der Waals surface area (Å²) in [6.45, 7) is 6.68. The molecule has 1 aromatic carbocycles. The average molecular weight is 340 g/mol. The van der Waals surface area contributed by atoms with Gasteiger partial charge < -0.3 is 5.11 Å². The van der Waals surface area contributed by atoms with Crippen molar-refractivity contribution >= 4 is 5.65 Å². The van der Waals surface area contributed by atoms with Crippen molar-refractivity contribution in [2.24, 2.45) is 0 Å². The van der Waals surface area contributed by atoms with Crippen LogP contribution >= 0.6 is 0 Å². The maximum atomic E-state index is 11.7. The molecule has 2 heterocycles. The van der Waals surface area contributed by atoms with Crippen molar-refractivity contribution in [2.45, 2.75) is 45.4 Å². The smallest absolute Gasteiger partial charge is 0.266 e. The van der Waals surface area contributed by atoms with Crippen molar-refractivity contribution in [3.8, 4) is 11.4 Å². The van der Waals surface area contributed by atoms with Crippen molar-refractivity contribution in [1.29, 1.82) is 0 Å². The van der Waals surface area contributed by atoms with Gasteiger partial charge in [0.2, 0.25) is 0 Å². The van der Waals surface area contributed by atoms with Crippen LogP contribution in [0.3, 0.4) is 0 Å². The second-order valence-corrected chi connectivity index (χ2v) is 7.29. The minimum Gasteiger partial charge on any atom is -0.396 e. The summed E-state index contributed by atoms with van der Waals surface area (Å²) >= 11 is 0. The Morgan fingerprint density at radius 2 is 1.84 bits per heavy atom. The van der Waals surface area contributed by atoms with Gasteiger partial charge in [0.25, 0.3) is 5.56 Å². The molecule has 132 valence electrons. The van der Waals surface area contributed by atoms with Crippen LogP contribution in [0.2, 0.25) is 0 Å². The van der Waals surface area contributed by atoms with Gasteiger partial charge in [-0.3, -0.25) is 9.89 Å². The molecule has 25 heavy (non-hydrogen) atoms. The lowest BCUT2D eigenvalue weighted by Gasteiger charge is -2.19. The van der Waals surface area contributed by atoms with E-state index in [1.807, 2.05) is 12.1 Å². The van der Waals surface area contributed by atoms with Crippen LogP contribution in [0, 0.1) is 0 Å². The van der Waals surface area contributed by atoms with Crippen LogP contribution in [-0.2, 0) is 11.8 Å². The molecule has 3 rings (SSSR count). The molecular formula is C19H24N4O2. The number of fused-ring (bicyclic) bond motifs is 1. The molecule has 0 radical (unpaired) electrons. The highest BCUT2D eigenvalue weighted by molar-refractivity contribution is 5.58. The predicted molar refractivity (Wildman–Crippen MR) is 97.8 cm³/mol. The van der Waals surface area contributed by atoms with Crippen LogP contribution in [0.4, 0.5) is 0 Å². The molecule has 2 aromatic heterocycles. The summed E-state index contributed by atoms with van der Waals surface area (Å²) in [5.74, 6) is 1.36. The van der Waals surface area contributed by atoms with Crippen molar-refractivity contribution in [2.75, 3.05) is 6.61 Å². The lowest BCUT2D eigenvalue weighted by Crippen LogP contribution is -2.11. The van der Waals surface area contributed by atoms with Crippen LogP contribution in [0.1, 0.15) is 45.0 Å². The summed E-state index contributed by atoms with van der Waals surface area (Å²) in [4.78, 5) is 20.9. The normalized spacial score (nSPS) is 12.0. The number of rotatable bonds is 5. The number of nitrogens with one attached hydrogen (secondary N) is 1. The summed E-state index contributed by atoms with van der Waals surface area (Å²) in [6, 6.07) is 9.71. The summed E-state index contributed by atoms with van der Waals surface area (Å²) in [5.41, 5.74) is 2.63. The van der Waals surface area contributed by atoms with Crippen molar-refractivity contribution in [3.05, 3.63) is 52.1 Å². The number of hydrogen-bond acceptors (Lipinski definition) is 4. The number of nitrogens with zero attached hydrogens (tertiary/aromatic N) is 3. The topological polar surface area (TPSA) is 83.3 Å². The molecule has 0 bridgehead atoms. The monoisotopic (exact) mass is 340 g/mol. The van der Waals surface area contributed by atoms with E-state index >= 15 is 0 Å². The van der Waals surface area contributed by atoms with Crippen molar-refractivity contribution in [1.82, 2.24) is 19.6 Å². The van der Waals surface area contributed by atoms with Gasteiger partial charge in [0.15, 0.2) is 11.5 Å². The molecule has 0 spiro atoms. The third-order valence-corrected chi connectivity index (χ3v) is 4.24. The van der Waals surface area contributed by atoms with Crippen LogP contribution in [0.5, 0.6) is 0 Å². The van der Waals surface area contributed by atoms with Gasteiger partial charge >= 0.3 is 0 Å². The fourth-order valence-electron chi connectivity index (χ4n) is 2.78. The van der Waals surface area contributed by atoms with Gasteiger partial charge in [0.05, 0.1) is 0 Å². The number of benzene rings is 1. The second-order valence-electron chi connectivity index (χ2n) is 7.29. The molecule has 6 heteroatoms.